The van der Waals surface area contributed by atoms with Crippen LogP contribution in [-0.4, -0.2) is 21.1 Å². The zero-order valence-corrected chi connectivity index (χ0v) is 10.2. The lowest BCUT2D eigenvalue weighted by atomic mass is 10.3. The van der Waals surface area contributed by atoms with Crippen molar-refractivity contribution < 1.29 is 13.5 Å². The molecule has 0 spiro atoms. The molecule has 0 aliphatic carbocycles. The molecule has 1 heterocycles. The Balaban J connectivity index is 2.08. The van der Waals surface area contributed by atoms with E-state index in [0.29, 0.717) is 17.6 Å². The van der Waals surface area contributed by atoms with Crippen molar-refractivity contribution in [2.75, 3.05) is 0 Å². The molecule has 0 aliphatic heterocycles. The molecule has 0 saturated carbocycles. The van der Waals surface area contributed by atoms with Gasteiger partial charge in [0, 0.05) is 11.9 Å². The number of benzene rings is 1. The highest BCUT2D eigenvalue weighted by atomic mass is 35.5. The fraction of sp³-hybridized carbons (Fsp3) is 0.273. The van der Waals surface area contributed by atoms with Gasteiger partial charge in [-0.3, -0.25) is 0 Å². The van der Waals surface area contributed by atoms with Crippen molar-refractivity contribution in [2.24, 2.45) is 0 Å². The Morgan fingerprint density at radius 2 is 2.00 bits per heavy atom. The maximum atomic E-state index is 12.5. The van der Waals surface area contributed by atoms with Crippen molar-refractivity contribution in [1.82, 2.24) is 15.0 Å². The molecule has 1 aromatic carbocycles. The molecule has 0 bridgehead atoms. The summed E-state index contributed by atoms with van der Waals surface area (Å²) in [6, 6.07) is 6.90. The molecule has 0 atom stereocenters. The van der Waals surface area contributed by atoms with Gasteiger partial charge in [-0.05, 0) is 24.3 Å². The van der Waals surface area contributed by atoms with Gasteiger partial charge in [-0.15, -0.1) is 5.10 Å². The molecule has 0 N–H and O–H groups in total. The standard InChI is InChI=1S/C11H10ClF2N3O/c1-11(13,14)18-7-9-6-17(16-15-9)10-4-2-8(12)3-5-10/h2-6H,7H2,1H3. The van der Waals surface area contributed by atoms with E-state index < -0.39 is 6.11 Å². The molecule has 0 unspecified atom stereocenters. The van der Waals surface area contributed by atoms with Gasteiger partial charge in [0.1, 0.15) is 5.69 Å². The quantitative estimate of drug-likeness (QED) is 0.859. The van der Waals surface area contributed by atoms with Crippen LogP contribution in [0.25, 0.3) is 5.69 Å². The summed E-state index contributed by atoms with van der Waals surface area (Å²) < 4.78 is 30.8. The lowest BCUT2D eigenvalue weighted by molar-refractivity contribution is -0.231. The highest BCUT2D eigenvalue weighted by Crippen LogP contribution is 2.16. The predicted molar refractivity (Wildman–Crippen MR) is 61.8 cm³/mol. The van der Waals surface area contributed by atoms with Crippen molar-refractivity contribution in [2.45, 2.75) is 19.6 Å². The summed E-state index contributed by atoms with van der Waals surface area (Å²) in [7, 11) is 0. The van der Waals surface area contributed by atoms with E-state index in [0.717, 1.165) is 5.69 Å². The summed E-state index contributed by atoms with van der Waals surface area (Å²) in [5, 5.41) is 8.16. The molecule has 0 saturated heterocycles. The molecular weight excluding hydrogens is 264 g/mol. The van der Waals surface area contributed by atoms with Crippen molar-refractivity contribution >= 4 is 11.6 Å². The molecule has 0 fully saturated rings. The van der Waals surface area contributed by atoms with E-state index in [9.17, 15) is 8.78 Å². The fourth-order valence-corrected chi connectivity index (χ4v) is 1.41. The van der Waals surface area contributed by atoms with Crippen LogP contribution in [0.2, 0.25) is 5.02 Å². The normalized spacial score (nSPS) is 11.8. The second-order valence-electron chi connectivity index (χ2n) is 3.73. The highest BCUT2D eigenvalue weighted by Gasteiger charge is 2.22. The lowest BCUT2D eigenvalue weighted by Crippen LogP contribution is -2.14. The lowest BCUT2D eigenvalue weighted by Gasteiger charge is -2.08. The van der Waals surface area contributed by atoms with Gasteiger partial charge in [-0.2, -0.15) is 8.78 Å². The average Bonchev–Trinajstić information content (AvgIpc) is 2.75. The summed E-state index contributed by atoms with van der Waals surface area (Å²) in [6.07, 6.45) is -1.65. The smallest absolute Gasteiger partial charge is 0.314 e. The van der Waals surface area contributed by atoms with Gasteiger partial charge in [-0.25, -0.2) is 4.68 Å². The zero-order chi connectivity index (χ0) is 13.2. The Bertz CT molecular complexity index is 522. The highest BCUT2D eigenvalue weighted by molar-refractivity contribution is 6.30. The molecule has 18 heavy (non-hydrogen) atoms. The van der Waals surface area contributed by atoms with Gasteiger partial charge >= 0.3 is 6.11 Å². The molecule has 0 aliphatic rings. The van der Waals surface area contributed by atoms with Crippen LogP contribution < -0.4 is 0 Å². The Morgan fingerprint density at radius 3 is 2.61 bits per heavy atom. The summed E-state index contributed by atoms with van der Waals surface area (Å²) in [4.78, 5) is 0. The molecule has 4 nitrogen and oxygen atoms in total. The van der Waals surface area contributed by atoms with Crippen LogP contribution in [0.5, 0.6) is 0 Å². The van der Waals surface area contributed by atoms with Gasteiger partial charge in [0.2, 0.25) is 0 Å². The third-order valence-electron chi connectivity index (χ3n) is 2.11. The largest absolute Gasteiger partial charge is 0.353 e. The van der Waals surface area contributed by atoms with Crippen LogP contribution in [-0.2, 0) is 11.3 Å². The fourth-order valence-electron chi connectivity index (χ4n) is 1.29. The van der Waals surface area contributed by atoms with Crippen molar-refractivity contribution in [3.8, 4) is 5.69 Å². The third-order valence-corrected chi connectivity index (χ3v) is 2.36. The number of halogens is 3. The first-order valence-electron chi connectivity index (χ1n) is 5.13. The molecule has 96 valence electrons. The molecule has 2 aromatic rings. The number of ether oxygens (including phenoxy) is 1. The first-order valence-corrected chi connectivity index (χ1v) is 5.51. The number of hydrogen-bond donors (Lipinski definition) is 0. The Labute approximate surface area is 107 Å². The Hall–Kier alpha value is -1.53. The van der Waals surface area contributed by atoms with E-state index in [-0.39, 0.29) is 6.61 Å². The number of hydrogen-bond acceptors (Lipinski definition) is 3. The zero-order valence-electron chi connectivity index (χ0n) is 9.48. The van der Waals surface area contributed by atoms with Gasteiger partial charge in [0.25, 0.3) is 0 Å². The summed E-state index contributed by atoms with van der Waals surface area (Å²) >= 11 is 5.76. The Kier molecular flexibility index (Phi) is 3.58. The van der Waals surface area contributed by atoms with Crippen LogP contribution in [0.4, 0.5) is 8.78 Å². The van der Waals surface area contributed by atoms with Crippen molar-refractivity contribution in [1.29, 1.82) is 0 Å². The third kappa shape index (κ3) is 3.48. The predicted octanol–water partition coefficient (Wildman–Crippen LogP) is 3.05. The van der Waals surface area contributed by atoms with Gasteiger partial charge in [0.05, 0.1) is 18.5 Å². The van der Waals surface area contributed by atoms with Crippen LogP contribution >= 0.6 is 11.6 Å². The van der Waals surface area contributed by atoms with Crippen molar-refractivity contribution in [3.63, 3.8) is 0 Å². The molecule has 2 rings (SSSR count). The van der Waals surface area contributed by atoms with Gasteiger partial charge in [0.15, 0.2) is 0 Å². The van der Waals surface area contributed by atoms with Gasteiger partial charge in [-0.1, -0.05) is 16.8 Å². The van der Waals surface area contributed by atoms with Crippen molar-refractivity contribution in [3.05, 3.63) is 41.2 Å². The number of aromatic nitrogens is 3. The van der Waals surface area contributed by atoms with E-state index in [2.05, 4.69) is 15.0 Å². The van der Waals surface area contributed by atoms with Gasteiger partial charge < -0.3 is 4.74 Å². The molecule has 1 aromatic heterocycles. The van der Waals surface area contributed by atoms with E-state index in [1.165, 1.54) is 10.9 Å². The maximum Gasteiger partial charge on any atom is 0.353 e. The first-order chi connectivity index (χ1) is 8.44. The van der Waals surface area contributed by atoms with Crippen LogP contribution in [0.3, 0.4) is 0 Å². The SMILES string of the molecule is CC(F)(F)OCc1cn(-c2ccc(Cl)cc2)nn1. The second kappa shape index (κ2) is 4.99. The summed E-state index contributed by atoms with van der Waals surface area (Å²) in [6.45, 7) is 0.383. The monoisotopic (exact) mass is 273 g/mol. The second-order valence-corrected chi connectivity index (χ2v) is 4.16. The average molecular weight is 274 g/mol. The van der Waals surface area contributed by atoms with E-state index >= 15 is 0 Å². The van der Waals surface area contributed by atoms with E-state index in [1.807, 2.05) is 0 Å². The Morgan fingerprint density at radius 1 is 1.33 bits per heavy atom. The number of alkyl halides is 2. The summed E-state index contributed by atoms with van der Waals surface area (Å²) in [5.74, 6) is 0. The summed E-state index contributed by atoms with van der Waals surface area (Å²) in [5.41, 5.74) is 1.06. The van der Waals surface area contributed by atoms with E-state index in [4.69, 9.17) is 11.6 Å². The molecule has 0 radical (unpaired) electrons. The minimum Gasteiger partial charge on any atom is -0.314 e. The first kappa shape index (κ1) is 12.9. The molecular formula is C11H10ClF2N3O. The maximum absolute atomic E-state index is 12.5. The number of nitrogens with zero attached hydrogens (tertiary/aromatic N) is 3. The topological polar surface area (TPSA) is 39.9 Å². The van der Waals surface area contributed by atoms with Crippen LogP contribution in [0, 0.1) is 0 Å². The van der Waals surface area contributed by atoms with Crippen LogP contribution in [0.1, 0.15) is 12.6 Å². The molecule has 7 heteroatoms. The molecule has 0 amide bonds. The number of rotatable bonds is 4. The van der Waals surface area contributed by atoms with Crippen LogP contribution in [0.15, 0.2) is 30.5 Å². The van der Waals surface area contributed by atoms with E-state index in [1.54, 1.807) is 24.3 Å². The minimum atomic E-state index is -3.18. The minimum absolute atomic E-state index is 0.295.